The second-order valence-corrected chi connectivity index (χ2v) is 9.83. The Labute approximate surface area is 186 Å². The molecule has 2 N–H and O–H groups in total. The minimum absolute atomic E-state index is 0.0158. The first-order valence-electron chi connectivity index (χ1n) is 11.1. The SMILES string of the molecule is Cc1c(O)ccc(C(=O)O)c1C1C(N(C)C)C2C=C(OC2=O)C2CCOC2CC2(C)OC12. The van der Waals surface area contributed by atoms with Gasteiger partial charge in [0.1, 0.15) is 11.5 Å². The third-order valence-corrected chi connectivity index (χ3v) is 7.67. The monoisotopic (exact) mass is 443 g/mol. The van der Waals surface area contributed by atoms with E-state index in [4.69, 9.17) is 14.2 Å². The zero-order valence-electron chi connectivity index (χ0n) is 18.7. The standard InChI is InChI=1S/C24H29NO7/c1-11-15(26)6-5-13(22(27)28)18(11)19-20(25(3)4)14-9-16(31-23(14)29)12-7-8-30-17(12)10-24(2)21(19)32-24/h5-6,9,12,14,17,19-21,26H,7-8,10H2,1-4H3,(H,27,28). The molecule has 2 saturated heterocycles. The van der Waals surface area contributed by atoms with E-state index in [-0.39, 0.29) is 35.4 Å². The molecule has 172 valence electrons. The summed E-state index contributed by atoms with van der Waals surface area (Å²) < 4.78 is 18.1. The average Bonchev–Trinajstić information content (AvgIpc) is 3.01. The number of phenolic OH excluding ortho intramolecular Hbond substituents is 1. The van der Waals surface area contributed by atoms with Gasteiger partial charge in [0.2, 0.25) is 0 Å². The van der Waals surface area contributed by atoms with Crippen molar-refractivity contribution in [3.05, 3.63) is 40.7 Å². The van der Waals surface area contributed by atoms with Crippen molar-refractivity contribution in [1.29, 1.82) is 0 Å². The third-order valence-electron chi connectivity index (χ3n) is 7.67. The van der Waals surface area contributed by atoms with Crippen molar-refractivity contribution in [3.63, 3.8) is 0 Å². The fraction of sp³-hybridized carbons (Fsp3) is 0.583. The smallest absolute Gasteiger partial charge is 0.335 e. The lowest BCUT2D eigenvalue weighted by Gasteiger charge is -2.36. The second-order valence-electron chi connectivity index (χ2n) is 9.83. The minimum atomic E-state index is -1.08. The third kappa shape index (κ3) is 3.16. The van der Waals surface area contributed by atoms with Crippen molar-refractivity contribution >= 4 is 11.9 Å². The summed E-state index contributed by atoms with van der Waals surface area (Å²) >= 11 is 0. The van der Waals surface area contributed by atoms with Crippen molar-refractivity contribution in [2.45, 2.75) is 56.5 Å². The van der Waals surface area contributed by atoms with Crippen LogP contribution < -0.4 is 0 Å². The molecule has 32 heavy (non-hydrogen) atoms. The number of rotatable bonds is 3. The Morgan fingerprint density at radius 2 is 2.03 bits per heavy atom. The molecular weight excluding hydrogens is 414 g/mol. The Morgan fingerprint density at radius 3 is 2.72 bits per heavy atom. The molecule has 5 rings (SSSR count). The van der Waals surface area contributed by atoms with Crippen LogP contribution in [0.3, 0.4) is 0 Å². The highest BCUT2D eigenvalue weighted by molar-refractivity contribution is 5.91. The maximum absolute atomic E-state index is 13.1. The summed E-state index contributed by atoms with van der Waals surface area (Å²) in [6, 6.07) is 2.42. The number of nitrogens with zero attached hydrogens (tertiary/aromatic N) is 1. The van der Waals surface area contributed by atoms with Gasteiger partial charge in [-0.25, -0.2) is 4.79 Å². The number of hydrogen-bond acceptors (Lipinski definition) is 7. The lowest BCUT2D eigenvalue weighted by molar-refractivity contribution is -0.142. The number of carboxylic acids is 1. The first kappa shape index (κ1) is 21.4. The molecule has 3 heterocycles. The number of epoxide rings is 1. The topological polar surface area (TPSA) is 109 Å². The van der Waals surface area contributed by atoms with Crippen LogP contribution in [0.2, 0.25) is 0 Å². The number of benzene rings is 1. The van der Waals surface area contributed by atoms with Crippen molar-refractivity contribution in [3.8, 4) is 5.75 Å². The molecule has 2 bridgehead atoms. The van der Waals surface area contributed by atoms with Crippen LogP contribution in [-0.2, 0) is 19.0 Å². The van der Waals surface area contributed by atoms with Crippen molar-refractivity contribution < 1.29 is 34.0 Å². The highest BCUT2D eigenvalue weighted by atomic mass is 16.6. The van der Waals surface area contributed by atoms with E-state index in [2.05, 4.69) is 0 Å². The van der Waals surface area contributed by atoms with Crippen molar-refractivity contribution in [1.82, 2.24) is 4.90 Å². The maximum atomic E-state index is 13.1. The number of carboxylic acid groups (broad SMARTS) is 1. The number of carbonyl (C=O) groups excluding carboxylic acids is 1. The van der Waals surface area contributed by atoms with E-state index in [1.165, 1.54) is 12.1 Å². The van der Waals surface area contributed by atoms with Crippen LogP contribution in [0.15, 0.2) is 24.0 Å². The van der Waals surface area contributed by atoms with Crippen LogP contribution >= 0.6 is 0 Å². The highest BCUT2D eigenvalue weighted by Crippen LogP contribution is 2.56. The van der Waals surface area contributed by atoms with Gasteiger partial charge in [0.15, 0.2) is 0 Å². The average molecular weight is 443 g/mol. The van der Waals surface area contributed by atoms with Gasteiger partial charge in [-0.05, 0) is 63.7 Å². The predicted octanol–water partition coefficient (Wildman–Crippen LogP) is 2.44. The molecule has 3 aliphatic heterocycles. The number of aromatic hydroxyl groups is 1. The Kier molecular flexibility index (Phi) is 4.89. The Bertz CT molecular complexity index is 1020. The zero-order valence-corrected chi connectivity index (χ0v) is 18.7. The maximum Gasteiger partial charge on any atom is 0.335 e. The molecule has 1 aromatic rings. The van der Waals surface area contributed by atoms with Gasteiger partial charge >= 0.3 is 11.9 Å². The van der Waals surface area contributed by atoms with Gasteiger partial charge in [-0.2, -0.15) is 0 Å². The number of ether oxygens (including phenoxy) is 3. The predicted molar refractivity (Wildman–Crippen MR) is 113 cm³/mol. The Morgan fingerprint density at radius 1 is 1.28 bits per heavy atom. The lowest BCUT2D eigenvalue weighted by atomic mass is 9.73. The normalized spacial score (nSPS) is 38.0. The minimum Gasteiger partial charge on any atom is -0.508 e. The molecule has 0 spiro atoms. The molecule has 4 aliphatic rings. The van der Waals surface area contributed by atoms with Crippen LogP contribution in [0.25, 0.3) is 0 Å². The van der Waals surface area contributed by atoms with E-state index < -0.39 is 29.4 Å². The largest absolute Gasteiger partial charge is 0.508 e. The van der Waals surface area contributed by atoms with Crippen LogP contribution in [0.1, 0.15) is 47.2 Å². The summed E-state index contributed by atoms with van der Waals surface area (Å²) in [4.78, 5) is 27.2. The molecule has 0 saturated carbocycles. The van der Waals surface area contributed by atoms with Gasteiger partial charge in [0.25, 0.3) is 0 Å². The zero-order chi connectivity index (χ0) is 22.9. The van der Waals surface area contributed by atoms with Gasteiger partial charge in [0.05, 0.1) is 29.3 Å². The van der Waals surface area contributed by atoms with Crippen LogP contribution in [0, 0.1) is 18.8 Å². The van der Waals surface area contributed by atoms with Crippen molar-refractivity contribution in [2.75, 3.05) is 20.7 Å². The second kappa shape index (κ2) is 7.30. The first-order chi connectivity index (χ1) is 15.1. The lowest BCUT2D eigenvalue weighted by Crippen LogP contribution is -2.45. The molecular formula is C24H29NO7. The van der Waals surface area contributed by atoms with E-state index in [1.807, 2.05) is 32.0 Å². The number of hydrogen-bond donors (Lipinski definition) is 2. The quantitative estimate of drug-likeness (QED) is 0.542. The summed E-state index contributed by atoms with van der Waals surface area (Å²) in [7, 11) is 3.75. The molecule has 1 aliphatic carbocycles. The molecule has 8 heteroatoms. The van der Waals surface area contributed by atoms with Gasteiger partial charge in [0, 0.05) is 30.9 Å². The molecule has 1 aromatic carbocycles. The molecule has 7 unspecified atom stereocenters. The summed E-state index contributed by atoms with van der Waals surface area (Å²) in [5.41, 5.74) is 0.573. The summed E-state index contributed by atoms with van der Waals surface area (Å²) in [6.07, 6.45) is 2.86. The highest BCUT2D eigenvalue weighted by Gasteiger charge is 2.63. The van der Waals surface area contributed by atoms with E-state index in [0.717, 1.165) is 6.42 Å². The van der Waals surface area contributed by atoms with E-state index >= 15 is 0 Å². The summed E-state index contributed by atoms with van der Waals surface area (Å²) in [5.74, 6) is -1.78. The van der Waals surface area contributed by atoms with E-state index in [9.17, 15) is 19.8 Å². The molecule has 0 radical (unpaired) electrons. The van der Waals surface area contributed by atoms with Crippen LogP contribution in [-0.4, -0.2) is 71.6 Å². The van der Waals surface area contributed by atoms with Gasteiger partial charge in [-0.15, -0.1) is 0 Å². The Balaban J connectivity index is 1.72. The first-order valence-corrected chi connectivity index (χ1v) is 11.1. The number of esters is 1. The molecule has 0 aromatic heterocycles. The summed E-state index contributed by atoms with van der Waals surface area (Å²) in [6.45, 7) is 4.34. The van der Waals surface area contributed by atoms with Gasteiger partial charge in [-0.1, -0.05) is 0 Å². The van der Waals surface area contributed by atoms with Gasteiger partial charge < -0.3 is 29.3 Å². The number of carbonyl (C=O) groups is 2. The van der Waals surface area contributed by atoms with Crippen LogP contribution in [0.4, 0.5) is 0 Å². The molecule has 2 fully saturated rings. The number of likely N-dealkylation sites (N-methyl/N-ethyl adjacent to an activating group) is 1. The number of aromatic carboxylic acids is 1. The number of phenols is 1. The van der Waals surface area contributed by atoms with E-state index in [1.54, 1.807) is 6.92 Å². The molecule has 7 atom stereocenters. The van der Waals surface area contributed by atoms with Crippen molar-refractivity contribution in [2.24, 2.45) is 11.8 Å². The fourth-order valence-electron chi connectivity index (χ4n) is 6.05. The molecule has 0 amide bonds. The summed E-state index contributed by atoms with van der Waals surface area (Å²) in [5, 5.41) is 20.5. The molecule has 8 nitrogen and oxygen atoms in total. The number of fused-ring (bicyclic) bond motifs is 4. The van der Waals surface area contributed by atoms with E-state index in [0.29, 0.717) is 29.9 Å². The van der Waals surface area contributed by atoms with Crippen LogP contribution in [0.5, 0.6) is 5.75 Å². The fourth-order valence-corrected chi connectivity index (χ4v) is 6.05. The van der Waals surface area contributed by atoms with Gasteiger partial charge in [-0.3, -0.25) is 4.79 Å². The Hall–Kier alpha value is -2.42.